The van der Waals surface area contributed by atoms with Gasteiger partial charge in [-0.3, -0.25) is 4.79 Å². The van der Waals surface area contributed by atoms with E-state index >= 15 is 0 Å². The van der Waals surface area contributed by atoms with Crippen LogP contribution in [0.5, 0.6) is 0 Å². The molecule has 1 rings (SSSR count). The Bertz CT molecular complexity index is 245. The topological polar surface area (TPSA) is 73.8 Å². The Kier molecular flexibility index (Phi) is 8.73. The van der Waals surface area contributed by atoms with Crippen LogP contribution in [-0.2, 0) is 9.53 Å². The van der Waals surface area contributed by atoms with E-state index in [1.165, 1.54) is 12.8 Å². The predicted octanol–water partition coefficient (Wildman–Crippen LogP) is -0.815. The van der Waals surface area contributed by atoms with E-state index in [1.807, 2.05) is 0 Å². The summed E-state index contributed by atoms with van der Waals surface area (Å²) in [5.41, 5.74) is 0. The van der Waals surface area contributed by atoms with Crippen molar-refractivity contribution in [3.8, 4) is 0 Å². The fourth-order valence-corrected chi connectivity index (χ4v) is 2.18. The number of likely N-dealkylation sites (tertiary alicyclic amines) is 1. The molecule has 0 aromatic rings. The highest BCUT2D eigenvalue weighted by molar-refractivity contribution is 5.75. The number of carbonyl (C=O) groups is 1. The number of methoxy groups -OCH3 is 1. The van der Waals surface area contributed by atoms with E-state index in [4.69, 9.17) is 4.74 Å². The van der Waals surface area contributed by atoms with E-state index in [-0.39, 0.29) is 12.0 Å². The Morgan fingerprint density at radius 2 is 2.11 bits per heavy atom. The number of hydrogen-bond acceptors (Lipinski definition) is 5. The summed E-state index contributed by atoms with van der Waals surface area (Å²) in [7, 11) is 1.61. The predicted molar refractivity (Wildman–Crippen MR) is 74.1 cm³/mol. The van der Waals surface area contributed by atoms with E-state index in [0.717, 1.165) is 19.6 Å². The minimum Gasteiger partial charge on any atom is -0.390 e. The van der Waals surface area contributed by atoms with Crippen LogP contribution >= 0.6 is 0 Å². The van der Waals surface area contributed by atoms with Gasteiger partial charge in [0.15, 0.2) is 0 Å². The van der Waals surface area contributed by atoms with Gasteiger partial charge in [0.1, 0.15) is 0 Å². The van der Waals surface area contributed by atoms with Crippen LogP contribution in [0.4, 0.5) is 0 Å². The molecule has 0 aromatic carbocycles. The highest BCUT2D eigenvalue weighted by atomic mass is 16.5. The number of nitrogens with one attached hydrogen (secondary N) is 2. The normalized spacial score (nSPS) is 17.6. The Labute approximate surface area is 115 Å². The van der Waals surface area contributed by atoms with Crippen molar-refractivity contribution in [2.24, 2.45) is 0 Å². The number of β-amino-alcohol motifs (C(OH)–C–C–N with tert-alkyl or cyclic N) is 1. The molecule has 0 saturated carbocycles. The van der Waals surface area contributed by atoms with Crippen molar-refractivity contribution in [3.05, 3.63) is 0 Å². The third-order valence-electron chi connectivity index (χ3n) is 3.20. The molecule has 0 bridgehead atoms. The zero-order valence-electron chi connectivity index (χ0n) is 11.9. The lowest BCUT2D eigenvalue weighted by Gasteiger charge is -2.19. The second-order valence-corrected chi connectivity index (χ2v) is 4.96. The van der Waals surface area contributed by atoms with Crippen molar-refractivity contribution >= 4 is 5.91 Å². The summed E-state index contributed by atoms with van der Waals surface area (Å²) < 4.78 is 4.84. The van der Waals surface area contributed by atoms with E-state index in [2.05, 4.69) is 15.5 Å². The molecule has 1 saturated heterocycles. The van der Waals surface area contributed by atoms with Crippen molar-refractivity contribution in [2.75, 3.05) is 53.0 Å². The number of aliphatic hydroxyl groups excluding tert-OH is 1. The van der Waals surface area contributed by atoms with Crippen LogP contribution in [0.3, 0.4) is 0 Å². The van der Waals surface area contributed by atoms with Gasteiger partial charge in [-0.05, 0) is 25.9 Å². The van der Waals surface area contributed by atoms with E-state index in [0.29, 0.717) is 32.7 Å². The number of nitrogens with zero attached hydrogens (tertiary/aromatic N) is 1. The fourth-order valence-electron chi connectivity index (χ4n) is 2.18. The molecular formula is C13H27N3O3. The summed E-state index contributed by atoms with van der Waals surface area (Å²) >= 11 is 0. The van der Waals surface area contributed by atoms with E-state index in [1.54, 1.807) is 7.11 Å². The molecule has 6 nitrogen and oxygen atoms in total. The maximum Gasteiger partial charge on any atom is 0.221 e. The number of ether oxygens (including phenoxy) is 1. The van der Waals surface area contributed by atoms with Crippen LogP contribution in [0.2, 0.25) is 0 Å². The lowest BCUT2D eigenvalue weighted by molar-refractivity contribution is -0.121. The molecule has 0 aliphatic carbocycles. The van der Waals surface area contributed by atoms with Gasteiger partial charge in [-0.2, -0.15) is 0 Å². The third-order valence-corrected chi connectivity index (χ3v) is 3.20. The Morgan fingerprint density at radius 1 is 1.37 bits per heavy atom. The summed E-state index contributed by atoms with van der Waals surface area (Å²) in [6.07, 6.45) is 2.55. The van der Waals surface area contributed by atoms with Gasteiger partial charge in [-0.1, -0.05) is 0 Å². The van der Waals surface area contributed by atoms with Gasteiger partial charge in [-0.15, -0.1) is 0 Å². The number of amides is 1. The van der Waals surface area contributed by atoms with Crippen LogP contribution < -0.4 is 10.6 Å². The molecule has 3 N–H and O–H groups in total. The number of hydrogen-bond donors (Lipinski definition) is 3. The average Bonchev–Trinajstić information content (AvgIpc) is 2.88. The SMILES string of the molecule is COCCNC(=O)CCNCC(O)CN1CCCC1. The maximum atomic E-state index is 11.4. The number of rotatable bonds is 10. The molecule has 1 atom stereocenters. The highest BCUT2D eigenvalue weighted by Gasteiger charge is 2.15. The minimum atomic E-state index is -0.352. The van der Waals surface area contributed by atoms with Gasteiger partial charge in [-0.25, -0.2) is 0 Å². The molecule has 6 heteroatoms. The summed E-state index contributed by atoms with van der Waals surface area (Å²) in [4.78, 5) is 13.6. The minimum absolute atomic E-state index is 0.0126. The zero-order chi connectivity index (χ0) is 13.9. The van der Waals surface area contributed by atoms with Gasteiger partial charge in [0.2, 0.25) is 5.91 Å². The Balaban J connectivity index is 1.92. The van der Waals surface area contributed by atoms with Crippen molar-refractivity contribution in [3.63, 3.8) is 0 Å². The first-order valence-corrected chi connectivity index (χ1v) is 7.09. The standard InChI is InChI=1S/C13H27N3O3/c1-19-9-6-15-13(18)4-5-14-10-12(17)11-16-7-2-3-8-16/h12,14,17H,2-11H2,1H3,(H,15,18). The molecule has 1 aliphatic heterocycles. The van der Waals surface area contributed by atoms with Gasteiger partial charge in [0.25, 0.3) is 0 Å². The molecule has 0 aromatic heterocycles. The molecule has 1 unspecified atom stereocenters. The molecule has 1 amide bonds. The van der Waals surface area contributed by atoms with Crippen LogP contribution in [0.1, 0.15) is 19.3 Å². The van der Waals surface area contributed by atoms with E-state index in [9.17, 15) is 9.90 Å². The van der Waals surface area contributed by atoms with E-state index < -0.39 is 0 Å². The first kappa shape index (κ1) is 16.4. The highest BCUT2D eigenvalue weighted by Crippen LogP contribution is 2.07. The molecule has 1 aliphatic rings. The fraction of sp³-hybridized carbons (Fsp3) is 0.923. The first-order valence-electron chi connectivity index (χ1n) is 7.09. The van der Waals surface area contributed by atoms with Crippen molar-refractivity contribution in [1.29, 1.82) is 0 Å². The zero-order valence-corrected chi connectivity index (χ0v) is 11.9. The molecule has 1 fully saturated rings. The Morgan fingerprint density at radius 3 is 2.79 bits per heavy atom. The summed E-state index contributed by atoms with van der Waals surface area (Å²) in [6.45, 7) is 5.14. The molecule has 19 heavy (non-hydrogen) atoms. The quantitative estimate of drug-likeness (QED) is 0.454. The largest absolute Gasteiger partial charge is 0.390 e. The molecular weight excluding hydrogens is 246 g/mol. The second-order valence-electron chi connectivity index (χ2n) is 4.96. The van der Waals surface area contributed by atoms with Crippen LogP contribution in [0.25, 0.3) is 0 Å². The summed E-state index contributed by atoms with van der Waals surface area (Å²) in [6, 6.07) is 0. The summed E-state index contributed by atoms with van der Waals surface area (Å²) in [5, 5.41) is 15.7. The number of carbonyl (C=O) groups excluding carboxylic acids is 1. The average molecular weight is 273 g/mol. The lowest BCUT2D eigenvalue weighted by Crippen LogP contribution is -2.38. The summed E-state index contributed by atoms with van der Waals surface area (Å²) in [5.74, 6) is 0.0126. The van der Waals surface area contributed by atoms with Crippen molar-refractivity contribution in [1.82, 2.24) is 15.5 Å². The van der Waals surface area contributed by atoms with Gasteiger partial charge in [0, 0.05) is 39.7 Å². The lowest BCUT2D eigenvalue weighted by atomic mass is 10.3. The maximum absolute atomic E-state index is 11.4. The van der Waals surface area contributed by atoms with Crippen LogP contribution in [-0.4, -0.2) is 75.0 Å². The van der Waals surface area contributed by atoms with Gasteiger partial charge >= 0.3 is 0 Å². The number of aliphatic hydroxyl groups is 1. The molecule has 112 valence electrons. The van der Waals surface area contributed by atoms with Crippen molar-refractivity contribution in [2.45, 2.75) is 25.4 Å². The molecule has 1 heterocycles. The molecule has 0 radical (unpaired) electrons. The van der Waals surface area contributed by atoms with Crippen molar-refractivity contribution < 1.29 is 14.6 Å². The Hall–Kier alpha value is -0.690. The molecule has 0 spiro atoms. The van der Waals surface area contributed by atoms with Gasteiger partial charge in [0.05, 0.1) is 12.7 Å². The first-order chi connectivity index (χ1) is 9.22. The third kappa shape index (κ3) is 8.15. The van der Waals surface area contributed by atoms with Gasteiger partial charge < -0.3 is 25.4 Å². The smallest absolute Gasteiger partial charge is 0.221 e. The monoisotopic (exact) mass is 273 g/mol. The van der Waals surface area contributed by atoms with Crippen LogP contribution in [0.15, 0.2) is 0 Å². The van der Waals surface area contributed by atoms with Crippen LogP contribution in [0, 0.1) is 0 Å². The second kappa shape index (κ2) is 10.1.